The molecule has 0 spiro atoms. The van der Waals surface area contributed by atoms with Gasteiger partial charge in [0.25, 0.3) is 21.9 Å². The Balaban J connectivity index is 1.58. The number of carbonyl (C=O) groups excluding carboxylic acids is 6. The monoisotopic (exact) mass is 542 g/mol. The highest BCUT2D eigenvalue weighted by molar-refractivity contribution is 7.96. The van der Waals surface area contributed by atoms with Crippen molar-refractivity contribution in [1.82, 2.24) is 10.5 Å². The predicted octanol–water partition coefficient (Wildman–Crippen LogP) is -0.803. The molecule has 2 aliphatic rings. The van der Waals surface area contributed by atoms with Gasteiger partial charge in [-0.05, 0) is 12.8 Å². The minimum Gasteiger partial charge on any atom is -0.370 e. The maximum atomic E-state index is 12.0. The molecule has 0 aromatic carbocycles. The third kappa shape index (κ3) is 8.30. The number of amides is 2. The Morgan fingerprint density at radius 1 is 1.03 bits per heavy atom. The van der Waals surface area contributed by atoms with E-state index in [0.717, 1.165) is 0 Å². The van der Waals surface area contributed by atoms with Crippen molar-refractivity contribution in [2.24, 2.45) is 0 Å². The molecule has 35 heavy (non-hydrogen) atoms. The number of hydrogen-bond donors (Lipinski definition) is 3. The number of imide groups is 1. The summed E-state index contributed by atoms with van der Waals surface area (Å²) in [7, 11) is -4.81. The molecule has 0 aromatic heterocycles. The largest absolute Gasteiger partial charge is 0.370 e. The van der Waals surface area contributed by atoms with Gasteiger partial charge in [-0.25, -0.2) is 10.1 Å². The second-order valence-electron chi connectivity index (χ2n) is 7.44. The Bertz CT molecular complexity index is 968. The highest BCUT2D eigenvalue weighted by Crippen LogP contribution is 2.25. The van der Waals surface area contributed by atoms with Gasteiger partial charge in [-0.2, -0.15) is 8.42 Å². The Kier molecular flexibility index (Phi) is 10.7. The van der Waals surface area contributed by atoms with Crippen molar-refractivity contribution in [3.05, 3.63) is 0 Å². The van der Waals surface area contributed by atoms with E-state index in [1.807, 2.05) is 0 Å². The van der Waals surface area contributed by atoms with E-state index in [1.165, 1.54) is 0 Å². The van der Waals surface area contributed by atoms with Gasteiger partial charge < -0.3 is 9.68 Å². The third-order valence-electron chi connectivity index (χ3n) is 4.91. The summed E-state index contributed by atoms with van der Waals surface area (Å²) in [6.07, 6.45) is 0.270. The molecule has 0 aromatic rings. The second-order valence-corrected chi connectivity index (χ2v) is 9.93. The first-order valence-electron chi connectivity index (χ1n) is 10.1. The average Bonchev–Trinajstić information content (AvgIpc) is 3.22. The van der Waals surface area contributed by atoms with E-state index in [1.54, 1.807) is 0 Å². The van der Waals surface area contributed by atoms with Crippen molar-refractivity contribution in [2.45, 2.75) is 67.9 Å². The lowest BCUT2D eigenvalue weighted by Crippen LogP contribution is -2.40. The van der Waals surface area contributed by atoms with E-state index < -0.39 is 68.4 Å². The van der Waals surface area contributed by atoms with E-state index in [4.69, 9.17) is 14.6 Å². The van der Waals surface area contributed by atoms with Crippen molar-refractivity contribution < 1.29 is 66.0 Å². The number of hydrogen-bond acceptors (Lipinski definition) is 15. The number of ketones is 2. The van der Waals surface area contributed by atoms with E-state index >= 15 is 0 Å². The fourth-order valence-electron chi connectivity index (χ4n) is 3.14. The topological polar surface area (TPSA) is 229 Å². The van der Waals surface area contributed by atoms with Crippen LogP contribution in [0.25, 0.3) is 0 Å². The van der Waals surface area contributed by atoms with Crippen molar-refractivity contribution in [3.8, 4) is 0 Å². The van der Waals surface area contributed by atoms with E-state index in [2.05, 4.69) is 19.7 Å². The van der Waals surface area contributed by atoms with Crippen molar-refractivity contribution in [1.29, 1.82) is 0 Å². The fourth-order valence-corrected chi connectivity index (χ4v) is 4.44. The molecule has 1 aliphatic carbocycles. The first-order chi connectivity index (χ1) is 16.5. The van der Waals surface area contributed by atoms with Crippen LogP contribution in [-0.4, -0.2) is 75.2 Å². The molecule has 3 atom stereocenters. The number of nitrogens with one attached hydrogen (secondary N) is 1. The lowest BCUT2D eigenvalue weighted by molar-refractivity contribution is -0.432. The fraction of sp³-hybridized carbons (Fsp3) is 0.647. The number of rotatable bonds is 14. The molecular weight excluding hydrogens is 520 g/mol. The summed E-state index contributed by atoms with van der Waals surface area (Å²) in [6.45, 7) is 0. The number of hydroxylamine groups is 3. The molecule has 1 aliphatic heterocycles. The van der Waals surface area contributed by atoms with Crippen LogP contribution in [0.4, 0.5) is 0 Å². The van der Waals surface area contributed by atoms with Gasteiger partial charge in [0.2, 0.25) is 0 Å². The van der Waals surface area contributed by atoms with Crippen LogP contribution in [0.3, 0.4) is 0 Å². The minimum absolute atomic E-state index is 0.0257. The van der Waals surface area contributed by atoms with Crippen LogP contribution in [0.2, 0.25) is 0 Å². The first-order valence-corrected chi connectivity index (χ1v) is 12.5. The normalized spacial score (nSPS) is 22.7. The van der Waals surface area contributed by atoms with E-state index in [0.29, 0.717) is 31.3 Å². The third-order valence-corrected chi connectivity index (χ3v) is 6.77. The molecule has 196 valence electrons. The van der Waals surface area contributed by atoms with Crippen molar-refractivity contribution in [3.63, 3.8) is 0 Å². The maximum Gasteiger partial charge on any atom is 0.333 e. The summed E-state index contributed by atoms with van der Waals surface area (Å²) in [5, 5.41) is 8.56. The second kappa shape index (κ2) is 13.0. The minimum atomic E-state index is -4.81. The van der Waals surface area contributed by atoms with Gasteiger partial charge in [-0.1, -0.05) is 17.9 Å². The summed E-state index contributed by atoms with van der Waals surface area (Å²) in [5.74, 6) is -5.23. The molecule has 0 bridgehead atoms. The molecule has 0 radical (unpaired) electrons. The molecule has 2 fully saturated rings. The molecule has 1 saturated heterocycles. The molecule has 1 saturated carbocycles. The molecule has 18 heteroatoms. The smallest absolute Gasteiger partial charge is 0.333 e. The highest BCUT2D eigenvalue weighted by Gasteiger charge is 2.48. The Morgan fingerprint density at radius 2 is 1.66 bits per heavy atom. The van der Waals surface area contributed by atoms with Crippen LogP contribution in [0, 0.1) is 0 Å². The first kappa shape index (κ1) is 28.8. The molecule has 3 N–H and O–H groups in total. The van der Waals surface area contributed by atoms with Crippen LogP contribution in [0.15, 0.2) is 0 Å². The summed E-state index contributed by atoms with van der Waals surface area (Å²) >= 11 is 0.441. The predicted molar refractivity (Wildman–Crippen MR) is 109 cm³/mol. The average molecular weight is 542 g/mol. The van der Waals surface area contributed by atoms with Crippen LogP contribution in [-0.2, 0) is 57.9 Å². The number of carbonyl (C=O) groups is 6. The zero-order valence-corrected chi connectivity index (χ0v) is 19.6. The summed E-state index contributed by atoms with van der Waals surface area (Å²) < 4.78 is 35.2. The molecular formula is C17H22N2O14S2. The summed E-state index contributed by atoms with van der Waals surface area (Å²) in [6, 6.07) is -1.35. The van der Waals surface area contributed by atoms with E-state index in [9.17, 15) is 37.2 Å². The van der Waals surface area contributed by atoms with Crippen LogP contribution < -0.4 is 5.48 Å². The summed E-state index contributed by atoms with van der Waals surface area (Å²) in [4.78, 5) is 80.1. The molecule has 3 unspecified atom stereocenters. The summed E-state index contributed by atoms with van der Waals surface area (Å²) in [5.41, 5.74) is 2.11. The van der Waals surface area contributed by atoms with Gasteiger partial charge in [0.15, 0.2) is 22.9 Å². The Labute approximate surface area is 202 Å². The highest BCUT2D eigenvalue weighted by atomic mass is 32.2. The van der Waals surface area contributed by atoms with Crippen LogP contribution >= 0.6 is 12.0 Å². The van der Waals surface area contributed by atoms with Gasteiger partial charge in [-0.3, -0.25) is 28.5 Å². The number of nitrogens with zero attached hydrogens (tertiary/aromatic N) is 1. The van der Waals surface area contributed by atoms with Crippen molar-refractivity contribution >= 4 is 57.5 Å². The van der Waals surface area contributed by atoms with Gasteiger partial charge in [0, 0.05) is 31.3 Å². The quantitative estimate of drug-likeness (QED) is 0.0463. The molecule has 2 rings (SSSR count). The van der Waals surface area contributed by atoms with E-state index in [-0.39, 0.29) is 30.7 Å². The van der Waals surface area contributed by atoms with Crippen LogP contribution in [0.1, 0.15) is 51.4 Å². The zero-order chi connectivity index (χ0) is 26.2. The van der Waals surface area contributed by atoms with Gasteiger partial charge in [-0.15, -0.1) is 14.9 Å². The maximum absolute atomic E-state index is 12.0. The van der Waals surface area contributed by atoms with Gasteiger partial charge in [0.1, 0.15) is 5.25 Å². The van der Waals surface area contributed by atoms with Gasteiger partial charge in [0.05, 0.1) is 6.42 Å². The lowest BCUT2D eigenvalue weighted by atomic mass is 10.1. The molecule has 16 nitrogen and oxygen atoms in total. The van der Waals surface area contributed by atoms with Crippen molar-refractivity contribution in [2.75, 3.05) is 0 Å². The number of unbranched alkanes of at least 4 members (excludes halogenated alkanes) is 3. The molecule has 2 amide bonds. The Morgan fingerprint density at radius 3 is 2.23 bits per heavy atom. The Hall–Kier alpha value is -2.48. The lowest BCUT2D eigenvalue weighted by Gasteiger charge is -2.13. The number of Topliss-reactive ketones (excluding diaryl/α,β-unsaturated/α-hetero) is 2. The molecule has 1 heterocycles. The SMILES string of the molecule is O=C(CCCCCCC(=O)ON1C(=O)CC(S(=O)(=O)O)C1=O)ONC1C(=O)CC(SOOO)C1=O. The van der Waals surface area contributed by atoms with Crippen LogP contribution in [0.5, 0.6) is 0 Å². The van der Waals surface area contributed by atoms with Gasteiger partial charge >= 0.3 is 11.9 Å². The zero-order valence-electron chi connectivity index (χ0n) is 17.9. The standard InChI is InChI=1S/C17H22N2O14S2/c20-9-7-10(34-33-32-26)16(24)15(9)18-30-13(22)5-3-1-2-4-6-14(23)31-19-12(21)8-11(17(19)25)35(27,28)29/h10-11,15,18,26H,1-8H2,(H,27,28,29).